The fraction of sp³-hybridized carbons (Fsp3) is 0.917. The Morgan fingerprint density at radius 3 is 2.58 bits per heavy atom. The minimum atomic E-state index is 0. The van der Waals surface area contributed by atoms with Crippen LogP contribution in [0.4, 0.5) is 0 Å². The second-order valence-corrected chi connectivity index (χ2v) is 4.85. The Morgan fingerprint density at radius 1 is 1.42 bits per heavy atom. The number of rotatable bonds is 6. The number of nitrogens with one attached hydrogen (secondary N) is 1. The van der Waals surface area contributed by atoms with Gasteiger partial charge >= 0.3 is 0 Å². The predicted octanol–water partition coefficient (Wildman–Crippen LogP) is 0.266. The molecule has 3 N–H and O–H groups in total. The van der Waals surface area contributed by atoms with Crippen molar-refractivity contribution < 1.29 is 9.47 Å². The van der Waals surface area contributed by atoms with Crippen molar-refractivity contribution >= 4 is 29.9 Å². The van der Waals surface area contributed by atoms with Crippen LogP contribution in [-0.4, -0.2) is 70.5 Å². The Bertz CT molecular complexity index is 268. The molecule has 0 aliphatic carbocycles. The van der Waals surface area contributed by atoms with Crippen molar-refractivity contribution in [1.29, 1.82) is 0 Å². The van der Waals surface area contributed by atoms with Crippen LogP contribution in [0.1, 0.15) is 12.8 Å². The molecule has 1 rings (SSSR count). The van der Waals surface area contributed by atoms with E-state index in [4.69, 9.17) is 15.2 Å². The highest BCUT2D eigenvalue weighted by molar-refractivity contribution is 14.0. The van der Waals surface area contributed by atoms with Crippen LogP contribution in [0.15, 0.2) is 4.99 Å². The molecule has 0 saturated carbocycles. The molecule has 0 aromatic rings. The summed E-state index contributed by atoms with van der Waals surface area (Å²) in [5, 5.41) is 3.03. The first-order chi connectivity index (χ1) is 8.60. The fourth-order valence-corrected chi connectivity index (χ4v) is 2.07. The van der Waals surface area contributed by atoms with Gasteiger partial charge in [-0.25, -0.2) is 0 Å². The number of hydrogen-bond donors (Lipinski definition) is 2. The molecule has 0 amide bonds. The van der Waals surface area contributed by atoms with Gasteiger partial charge in [0.2, 0.25) is 0 Å². The van der Waals surface area contributed by atoms with Crippen LogP contribution >= 0.6 is 24.0 Å². The topological polar surface area (TPSA) is 72.1 Å². The summed E-state index contributed by atoms with van der Waals surface area (Å²) < 4.78 is 10.4. The standard InChI is InChI=1S/C12H26N4O2.HI/c1-16(2)12(4-7-18-8-5-12)10-15-11(13)14-6-9-17-3;/h4-10H2,1-3H3,(H3,13,14,15);1H. The third kappa shape index (κ3) is 6.24. The lowest BCUT2D eigenvalue weighted by Gasteiger charge is -2.41. The molecule has 0 bridgehead atoms. The molecular weight excluding hydrogens is 359 g/mol. The van der Waals surface area contributed by atoms with Crippen molar-refractivity contribution in [2.24, 2.45) is 10.7 Å². The summed E-state index contributed by atoms with van der Waals surface area (Å²) in [4.78, 5) is 6.68. The fourth-order valence-electron chi connectivity index (χ4n) is 2.07. The van der Waals surface area contributed by atoms with E-state index in [9.17, 15) is 0 Å². The molecule has 114 valence electrons. The minimum Gasteiger partial charge on any atom is -0.383 e. The van der Waals surface area contributed by atoms with E-state index in [-0.39, 0.29) is 29.5 Å². The molecule has 0 radical (unpaired) electrons. The highest BCUT2D eigenvalue weighted by atomic mass is 127. The first-order valence-electron chi connectivity index (χ1n) is 6.39. The molecule has 0 spiro atoms. The molecule has 19 heavy (non-hydrogen) atoms. The van der Waals surface area contributed by atoms with Crippen LogP contribution < -0.4 is 11.1 Å². The summed E-state index contributed by atoms with van der Waals surface area (Å²) in [5.41, 5.74) is 5.90. The van der Waals surface area contributed by atoms with E-state index in [0.29, 0.717) is 25.7 Å². The molecule has 1 heterocycles. The maximum Gasteiger partial charge on any atom is 0.188 e. The first-order valence-corrected chi connectivity index (χ1v) is 6.39. The number of hydrogen-bond acceptors (Lipinski definition) is 4. The van der Waals surface area contributed by atoms with Gasteiger partial charge in [-0.2, -0.15) is 0 Å². The molecule has 0 aromatic heterocycles. The van der Waals surface area contributed by atoms with Crippen molar-refractivity contribution in [3.05, 3.63) is 0 Å². The Balaban J connectivity index is 0.00000324. The summed E-state index contributed by atoms with van der Waals surface area (Å²) in [5.74, 6) is 0.486. The molecular formula is C12H27IN4O2. The SMILES string of the molecule is COCCNC(N)=NCC1(N(C)C)CCOCC1.I. The zero-order valence-corrected chi connectivity index (χ0v) is 14.5. The average Bonchev–Trinajstić information content (AvgIpc) is 2.37. The highest BCUT2D eigenvalue weighted by Crippen LogP contribution is 2.26. The number of ether oxygens (including phenoxy) is 2. The number of aliphatic imine (C=N–C) groups is 1. The zero-order chi connectivity index (χ0) is 13.4. The lowest BCUT2D eigenvalue weighted by molar-refractivity contribution is -0.00252. The predicted molar refractivity (Wildman–Crippen MR) is 88.3 cm³/mol. The van der Waals surface area contributed by atoms with E-state index >= 15 is 0 Å². The van der Waals surface area contributed by atoms with Crippen LogP contribution in [0.2, 0.25) is 0 Å². The maximum atomic E-state index is 5.82. The van der Waals surface area contributed by atoms with Crippen molar-refractivity contribution in [2.75, 3.05) is 54.1 Å². The summed E-state index contributed by atoms with van der Waals surface area (Å²) in [7, 11) is 5.85. The van der Waals surface area contributed by atoms with Gasteiger partial charge in [0.25, 0.3) is 0 Å². The number of methoxy groups -OCH3 is 1. The zero-order valence-electron chi connectivity index (χ0n) is 12.1. The van der Waals surface area contributed by atoms with Crippen molar-refractivity contribution in [2.45, 2.75) is 18.4 Å². The Hall–Kier alpha value is -0.120. The van der Waals surface area contributed by atoms with Gasteiger partial charge in [0.15, 0.2) is 5.96 Å². The van der Waals surface area contributed by atoms with E-state index in [1.165, 1.54) is 0 Å². The summed E-state index contributed by atoms with van der Waals surface area (Å²) in [6.07, 6.45) is 1.99. The normalized spacial score (nSPS) is 19.1. The molecule has 6 nitrogen and oxygen atoms in total. The molecule has 0 unspecified atom stereocenters. The number of halogens is 1. The largest absolute Gasteiger partial charge is 0.383 e. The summed E-state index contributed by atoms with van der Waals surface area (Å²) in [6, 6.07) is 0. The Kier molecular flexibility index (Phi) is 9.67. The number of nitrogens with two attached hydrogens (primary N) is 1. The smallest absolute Gasteiger partial charge is 0.188 e. The molecule has 1 fully saturated rings. The summed E-state index contributed by atoms with van der Waals surface area (Å²) >= 11 is 0. The number of likely N-dealkylation sites (N-methyl/N-ethyl adjacent to an activating group) is 1. The van der Waals surface area contributed by atoms with Crippen molar-refractivity contribution in [3.8, 4) is 0 Å². The molecule has 1 aliphatic heterocycles. The maximum absolute atomic E-state index is 5.82. The van der Waals surface area contributed by atoms with Gasteiger partial charge in [-0.1, -0.05) is 0 Å². The van der Waals surface area contributed by atoms with Crippen LogP contribution in [0.5, 0.6) is 0 Å². The molecule has 0 atom stereocenters. The first kappa shape index (κ1) is 18.9. The lowest BCUT2D eigenvalue weighted by atomic mass is 9.89. The second-order valence-electron chi connectivity index (χ2n) is 4.85. The van der Waals surface area contributed by atoms with Gasteiger partial charge in [-0.05, 0) is 26.9 Å². The quantitative estimate of drug-likeness (QED) is 0.297. The van der Waals surface area contributed by atoms with Gasteiger partial charge in [-0.15, -0.1) is 24.0 Å². The number of nitrogens with zero attached hydrogens (tertiary/aromatic N) is 2. The third-order valence-corrected chi connectivity index (χ3v) is 3.53. The third-order valence-electron chi connectivity index (χ3n) is 3.53. The average molecular weight is 386 g/mol. The van der Waals surface area contributed by atoms with Gasteiger partial charge in [0.05, 0.1) is 13.2 Å². The van der Waals surface area contributed by atoms with Crippen LogP contribution in [0, 0.1) is 0 Å². The minimum absolute atomic E-state index is 0. The van der Waals surface area contributed by atoms with E-state index < -0.39 is 0 Å². The number of guanidine groups is 1. The van der Waals surface area contributed by atoms with Crippen molar-refractivity contribution in [1.82, 2.24) is 10.2 Å². The van der Waals surface area contributed by atoms with Crippen molar-refractivity contribution in [3.63, 3.8) is 0 Å². The van der Waals surface area contributed by atoms with Gasteiger partial charge in [-0.3, -0.25) is 4.99 Å². The molecule has 1 aliphatic rings. The Labute approximate surface area is 133 Å². The van der Waals surface area contributed by atoms with E-state index in [0.717, 1.165) is 26.1 Å². The molecule has 1 saturated heterocycles. The van der Waals surface area contributed by atoms with E-state index in [2.05, 4.69) is 29.3 Å². The lowest BCUT2D eigenvalue weighted by Crippen LogP contribution is -2.51. The molecule has 0 aromatic carbocycles. The van der Waals surface area contributed by atoms with Gasteiger partial charge in [0, 0.05) is 32.4 Å². The summed E-state index contributed by atoms with van der Waals surface area (Å²) in [6.45, 7) is 3.61. The van der Waals surface area contributed by atoms with Gasteiger partial charge < -0.3 is 25.4 Å². The highest BCUT2D eigenvalue weighted by Gasteiger charge is 2.34. The van der Waals surface area contributed by atoms with E-state index in [1.54, 1.807) is 7.11 Å². The molecule has 7 heteroatoms. The monoisotopic (exact) mass is 386 g/mol. The Morgan fingerprint density at radius 2 is 2.05 bits per heavy atom. The van der Waals surface area contributed by atoms with Crippen LogP contribution in [0.25, 0.3) is 0 Å². The second kappa shape index (κ2) is 9.73. The van der Waals surface area contributed by atoms with Crippen LogP contribution in [0.3, 0.4) is 0 Å². The van der Waals surface area contributed by atoms with Gasteiger partial charge in [0.1, 0.15) is 0 Å². The van der Waals surface area contributed by atoms with E-state index in [1.807, 2.05) is 0 Å². The van der Waals surface area contributed by atoms with Crippen LogP contribution in [-0.2, 0) is 9.47 Å².